The maximum atomic E-state index is 11.8. The van der Waals surface area contributed by atoms with Crippen LogP contribution < -0.4 is 16.0 Å². The molecule has 2 fully saturated rings. The Bertz CT molecular complexity index is 530. The van der Waals surface area contributed by atoms with Crippen LogP contribution in [0, 0.1) is 0 Å². The fraction of sp³-hybridized carbons (Fsp3) is 0.562. The lowest BCUT2D eigenvalue weighted by Gasteiger charge is -2.45. The minimum atomic E-state index is -0.0790. The molecule has 2 aliphatic rings. The fourth-order valence-electron chi connectivity index (χ4n) is 3.47. The number of ether oxygens (including phenoxy) is 1. The minimum Gasteiger partial charge on any atom is -0.397 e. The average molecular weight is 289 g/mol. The number of benzene rings is 1. The van der Waals surface area contributed by atoms with Crippen molar-refractivity contribution in [1.82, 2.24) is 5.32 Å². The highest BCUT2D eigenvalue weighted by molar-refractivity contribution is 5.96. The van der Waals surface area contributed by atoms with Gasteiger partial charge in [0.15, 0.2) is 0 Å². The molecular formula is C16H23N3O2. The van der Waals surface area contributed by atoms with Gasteiger partial charge in [0, 0.05) is 19.2 Å². The van der Waals surface area contributed by atoms with Crippen LogP contribution >= 0.6 is 0 Å². The molecule has 1 saturated carbocycles. The van der Waals surface area contributed by atoms with Crippen LogP contribution in [0.15, 0.2) is 18.2 Å². The molecule has 1 amide bonds. The van der Waals surface area contributed by atoms with E-state index in [9.17, 15) is 4.79 Å². The third-order valence-electron chi connectivity index (χ3n) is 4.56. The normalized spacial score (nSPS) is 25.3. The Morgan fingerprint density at radius 2 is 2.19 bits per heavy atom. The first-order valence-electron chi connectivity index (χ1n) is 7.70. The molecule has 2 unspecified atom stereocenters. The molecule has 0 bridgehead atoms. The molecule has 114 valence electrons. The second-order valence-corrected chi connectivity index (χ2v) is 5.81. The second kappa shape index (κ2) is 5.93. The smallest absolute Gasteiger partial charge is 0.251 e. The highest BCUT2D eigenvalue weighted by atomic mass is 16.5. The van der Waals surface area contributed by atoms with Crippen molar-refractivity contribution < 1.29 is 9.53 Å². The molecule has 5 nitrogen and oxygen atoms in total. The van der Waals surface area contributed by atoms with Crippen LogP contribution in [0.2, 0.25) is 0 Å². The summed E-state index contributed by atoms with van der Waals surface area (Å²) in [6, 6.07) is 5.89. The maximum Gasteiger partial charge on any atom is 0.251 e. The van der Waals surface area contributed by atoms with Gasteiger partial charge in [-0.15, -0.1) is 0 Å². The number of anilines is 2. The van der Waals surface area contributed by atoms with Crippen LogP contribution in [0.5, 0.6) is 0 Å². The molecule has 1 saturated heterocycles. The standard InChI is InChI=1S/C16H23N3O2/c1-18-16(20)11-6-7-12(17)14(10-11)19-8-9-21-15-5-3-2-4-13(15)19/h6-7,10,13,15H,2-5,8-9,17H2,1H3,(H,18,20). The van der Waals surface area contributed by atoms with Crippen molar-refractivity contribution in [2.24, 2.45) is 0 Å². The number of morpholine rings is 1. The molecule has 0 spiro atoms. The lowest BCUT2D eigenvalue weighted by molar-refractivity contribution is -0.00862. The van der Waals surface area contributed by atoms with Gasteiger partial charge < -0.3 is 20.7 Å². The molecule has 3 N–H and O–H groups in total. The van der Waals surface area contributed by atoms with Gasteiger partial charge in [0.1, 0.15) is 0 Å². The first-order valence-corrected chi connectivity index (χ1v) is 7.70. The Hall–Kier alpha value is -1.75. The first kappa shape index (κ1) is 14.2. The number of nitrogens with zero attached hydrogens (tertiary/aromatic N) is 1. The van der Waals surface area contributed by atoms with E-state index in [4.69, 9.17) is 10.5 Å². The summed E-state index contributed by atoms with van der Waals surface area (Å²) in [6.45, 7) is 1.56. The van der Waals surface area contributed by atoms with Crippen LogP contribution in [0.1, 0.15) is 36.0 Å². The van der Waals surface area contributed by atoms with Crippen molar-refractivity contribution >= 4 is 17.3 Å². The number of hydrogen-bond donors (Lipinski definition) is 2. The Morgan fingerprint density at radius 3 is 3.00 bits per heavy atom. The van der Waals surface area contributed by atoms with Gasteiger partial charge in [0.05, 0.1) is 30.1 Å². The molecular weight excluding hydrogens is 266 g/mol. The molecule has 2 atom stereocenters. The van der Waals surface area contributed by atoms with E-state index in [1.54, 1.807) is 13.1 Å². The van der Waals surface area contributed by atoms with E-state index in [1.807, 2.05) is 12.1 Å². The molecule has 1 aromatic rings. The second-order valence-electron chi connectivity index (χ2n) is 5.81. The van der Waals surface area contributed by atoms with Gasteiger partial charge in [-0.1, -0.05) is 12.8 Å². The molecule has 1 heterocycles. The first-order chi connectivity index (χ1) is 10.2. The highest BCUT2D eigenvalue weighted by Gasteiger charge is 2.35. The van der Waals surface area contributed by atoms with E-state index in [0.717, 1.165) is 37.4 Å². The van der Waals surface area contributed by atoms with Crippen molar-refractivity contribution in [1.29, 1.82) is 0 Å². The van der Waals surface area contributed by atoms with Crippen LogP contribution in [0.25, 0.3) is 0 Å². The monoisotopic (exact) mass is 289 g/mol. The quantitative estimate of drug-likeness (QED) is 0.814. The number of carbonyl (C=O) groups is 1. The number of nitrogens with two attached hydrogens (primary N) is 1. The predicted octanol–water partition coefficient (Wildman–Crippen LogP) is 1.78. The van der Waals surface area contributed by atoms with E-state index in [1.165, 1.54) is 12.8 Å². The average Bonchev–Trinajstić information content (AvgIpc) is 2.54. The minimum absolute atomic E-state index is 0.0790. The summed E-state index contributed by atoms with van der Waals surface area (Å²) in [5, 5.41) is 2.66. The van der Waals surface area contributed by atoms with Gasteiger partial charge in [-0.3, -0.25) is 4.79 Å². The number of carbonyl (C=O) groups excluding carboxylic acids is 1. The predicted molar refractivity (Wildman–Crippen MR) is 83.6 cm³/mol. The SMILES string of the molecule is CNC(=O)c1ccc(N)c(N2CCOC3CCCCC32)c1. The zero-order chi connectivity index (χ0) is 14.8. The van der Waals surface area contributed by atoms with Crippen LogP contribution in [-0.2, 0) is 4.74 Å². The van der Waals surface area contributed by atoms with Crippen molar-refractivity contribution in [3.63, 3.8) is 0 Å². The van der Waals surface area contributed by atoms with Crippen LogP contribution in [0.4, 0.5) is 11.4 Å². The van der Waals surface area contributed by atoms with Crippen LogP contribution in [0.3, 0.4) is 0 Å². The number of fused-ring (bicyclic) bond motifs is 1. The third kappa shape index (κ3) is 2.70. The molecule has 3 rings (SSSR count). The van der Waals surface area contributed by atoms with E-state index in [0.29, 0.717) is 17.7 Å². The largest absolute Gasteiger partial charge is 0.397 e. The molecule has 1 aliphatic heterocycles. The lowest BCUT2D eigenvalue weighted by Crippen LogP contribution is -2.53. The van der Waals surface area contributed by atoms with Gasteiger partial charge in [-0.25, -0.2) is 0 Å². The summed E-state index contributed by atoms with van der Waals surface area (Å²) in [5.41, 5.74) is 8.52. The van der Waals surface area contributed by atoms with E-state index in [-0.39, 0.29) is 5.91 Å². The number of nitrogen functional groups attached to an aromatic ring is 1. The zero-order valence-electron chi connectivity index (χ0n) is 12.5. The Kier molecular flexibility index (Phi) is 4.01. The van der Waals surface area contributed by atoms with E-state index < -0.39 is 0 Å². The fourth-order valence-corrected chi connectivity index (χ4v) is 3.47. The summed E-state index contributed by atoms with van der Waals surface area (Å²) in [7, 11) is 1.64. The van der Waals surface area contributed by atoms with Crippen molar-refractivity contribution in [2.45, 2.75) is 37.8 Å². The number of rotatable bonds is 2. The van der Waals surface area contributed by atoms with Crippen molar-refractivity contribution in [2.75, 3.05) is 30.8 Å². The summed E-state index contributed by atoms with van der Waals surface area (Å²) < 4.78 is 5.91. The van der Waals surface area contributed by atoms with Gasteiger partial charge in [0.2, 0.25) is 0 Å². The molecule has 21 heavy (non-hydrogen) atoms. The number of amides is 1. The van der Waals surface area contributed by atoms with Crippen molar-refractivity contribution in [3.8, 4) is 0 Å². The van der Waals surface area contributed by atoms with Gasteiger partial charge >= 0.3 is 0 Å². The Balaban J connectivity index is 1.92. The molecule has 5 heteroatoms. The van der Waals surface area contributed by atoms with Gasteiger partial charge in [-0.2, -0.15) is 0 Å². The van der Waals surface area contributed by atoms with E-state index >= 15 is 0 Å². The summed E-state index contributed by atoms with van der Waals surface area (Å²) >= 11 is 0. The molecule has 0 aromatic heterocycles. The third-order valence-corrected chi connectivity index (χ3v) is 4.56. The molecule has 1 aliphatic carbocycles. The molecule has 0 radical (unpaired) electrons. The Morgan fingerprint density at radius 1 is 1.38 bits per heavy atom. The summed E-state index contributed by atoms with van der Waals surface area (Å²) in [5.74, 6) is -0.0790. The number of nitrogens with one attached hydrogen (secondary N) is 1. The van der Waals surface area contributed by atoms with Gasteiger partial charge in [-0.05, 0) is 31.0 Å². The highest BCUT2D eigenvalue weighted by Crippen LogP contribution is 2.35. The zero-order valence-corrected chi connectivity index (χ0v) is 12.5. The lowest BCUT2D eigenvalue weighted by atomic mass is 9.89. The molecule has 1 aromatic carbocycles. The topological polar surface area (TPSA) is 67.6 Å². The summed E-state index contributed by atoms with van der Waals surface area (Å²) in [4.78, 5) is 14.2. The Labute approximate surface area is 125 Å². The number of hydrogen-bond acceptors (Lipinski definition) is 4. The maximum absolute atomic E-state index is 11.8. The van der Waals surface area contributed by atoms with Gasteiger partial charge in [0.25, 0.3) is 5.91 Å². The van der Waals surface area contributed by atoms with Crippen LogP contribution in [-0.4, -0.2) is 38.3 Å². The van der Waals surface area contributed by atoms with E-state index in [2.05, 4.69) is 10.2 Å². The van der Waals surface area contributed by atoms with Crippen molar-refractivity contribution in [3.05, 3.63) is 23.8 Å². The summed E-state index contributed by atoms with van der Waals surface area (Å²) in [6.07, 6.45) is 5.03.